The standard InChI is InChI=1S/C30H42N4O4.CO2/c1-4-5-6-19-13-20(14-19)7-8-21-15-25(28(36)27(21)35)34-12-11-24-29(32-18-33-30(24)34)31-17-22-9-10-23(37-2)16-26(22)38-3;2-1-3/h9-12,16,18-21,25,27-28,35-36H,4-8,13-15,17H2,1-3H3,(H,31,32,33);/t19?,20?,21-,25+,27+,28-;/m0./s1. The summed E-state index contributed by atoms with van der Waals surface area (Å²) in [6.45, 7) is 2.79. The van der Waals surface area contributed by atoms with Crippen molar-refractivity contribution in [1.29, 1.82) is 0 Å². The molecule has 1 aromatic carbocycles. The van der Waals surface area contributed by atoms with E-state index in [-0.39, 0.29) is 18.1 Å². The molecule has 3 aromatic rings. The highest BCUT2D eigenvalue weighted by atomic mass is 16.5. The summed E-state index contributed by atoms with van der Waals surface area (Å²) in [5, 5.41) is 26.2. The van der Waals surface area contributed by atoms with Gasteiger partial charge in [-0.1, -0.05) is 32.6 Å². The van der Waals surface area contributed by atoms with Crippen molar-refractivity contribution in [2.24, 2.45) is 17.8 Å². The molecule has 2 aliphatic carbocycles. The van der Waals surface area contributed by atoms with Crippen LogP contribution in [0.15, 0.2) is 36.8 Å². The van der Waals surface area contributed by atoms with Gasteiger partial charge in [-0.15, -0.1) is 0 Å². The number of benzene rings is 1. The second-order valence-corrected chi connectivity index (χ2v) is 11.3. The number of hydrogen-bond donors (Lipinski definition) is 3. The van der Waals surface area contributed by atoms with Crippen LogP contribution in [0.1, 0.15) is 69.9 Å². The van der Waals surface area contributed by atoms with Crippen molar-refractivity contribution >= 4 is 23.0 Å². The van der Waals surface area contributed by atoms with E-state index in [0.717, 1.165) is 65.0 Å². The molecule has 2 aromatic heterocycles. The Labute approximate surface area is 241 Å². The average molecular weight is 567 g/mol. The fourth-order valence-electron chi connectivity index (χ4n) is 6.51. The van der Waals surface area contributed by atoms with Gasteiger partial charge in [0.1, 0.15) is 35.4 Å². The van der Waals surface area contributed by atoms with Crippen LogP contribution in [0.4, 0.5) is 5.82 Å². The smallest absolute Gasteiger partial charge is 0.373 e. The van der Waals surface area contributed by atoms with Gasteiger partial charge in [-0.3, -0.25) is 0 Å². The van der Waals surface area contributed by atoms with E-state index in [2.05, 4.69) is 22.2 Å². The van der Waals surface area contributed by atoms with Crippen LogP contribution < -0.4 is 14.8 Å². The molecule has 2 heterocycles. The summed E-state index contributed by atoms with van der Waals surface area (Å²) in [7, 11) is 3.28. The van der Waals surface area contributed by atoms with Crippen molar-refractivity contribution in [2.45, 2.75) is 83.1 Å². The topological polar surface area (TPSA) is 136 Å². The summed E-state index contributed by atoms with van der Waals surface area (Å²) >= 11 is 0. The maximum atomic E-state index is 11.0. The van der Waals surface area contributed by atoms with Gasteiger partial charge in [0.2, 0.25) is 0 Å². The van der Waals surface area contributed by atoms with Crippen LogP contribution in [0, 0.1) is 17.8 Å². The van der Waals surface area contributed by atoms with E-state index in [4.69, 9.17) is 19.1 Å². The Balaban J connectivity index is 0.00000124. The van der Waals surface area contributed by atoms with Crippen molar-refractivity contribution in [3.8, 4) is 11.5 Å². The molecule has 4 atom stereocenters. The average Bonchev–Trinajstić information content (AvgIpc) is 3.52. The predicted molar refractivity (Wildman–Crippen MR) is 154 cm³/mol. The van der Waals surface area contributed by atoms with Gasteiger partial charge < -0.3 is 29.6 Å². The molecule has 2 saturated carbocycles. The van der Waals surface area contributed by atoms with Crippen LogP contribution in [0.2, 0.25) is 0 Å². The largest absolute Gasteiger partial charge is 0.497 e. The molecule has 3 N–H and O–H groups in total. The first-order valence-electron chi connectivity index (χ1n) is 14.6. The normalized spacial score (nSPS) is 25.1. The van der Waals surface area contributed by atoms with Gasteiger partial charge in [0.15, 0.2) is 0 Å². The lowest BCUT2D eigenvalue weighted by Crippen LogP contribution is -2.30. The SMILES string of the molecule is CCCCC1CC(CC[C@H]2C[C@@H](n3ccc4c(NCc5ccc(OC)cc5OC)ncnc43)[C@H](O)[C@@H]2O)C1.O=C=O. The van der Waals surface area contributed by atoms with E-state index in [1.54, 1.807) is 20.5 Å². The zero-order chi connectivity index (χ0) is 29.4. The monoisotopic (exact) mass is 566 g/mol. The van der Waals surface area contributed by atoms with Crippen LogP contribution in [0.5, 0.6) is 11.5 Å². The number of ether oxygens (including phenoxy) is 2. The number of hydrogen-bond acceptors (Lipinski definition) is 9. The molecule has 2 aliphatic rings. The number of fused-ring (bicyclic) bond motifs is 1. The third-order valence-corrected chi connectivity index (χ3v) is 8.82. The summed E-state index contributed by atoms with van der Waals surface area (Å²) in [4.78, 5) is 25.3. The Morgan fingerprint density at radius 1 is 1.00 bits per heavy atom. The number of aliphatic hydroxyl groups excluding tert-OH is 2. The molecule has 0 unspecified atom stereocenters. The summed E-state index contributed by atoms with van der Waals surface area (Å²) in [5.74, 6) is 4.02. The fourth-order valence-corrected chi connectivity index (χ4v) is 6.51. The summed E-state index contributed by atoms with van der Waals surface area (Å²) in [5.41, 5.74) is 1.75. The minimum atomic E-state index is -0.802. The number of nitrogens with one attached hydrogen (secondary N) is 1. The number of aliphatic hydroxyl groups is 2. The number of rotatable bonds is 12. The molecule has 0 bridgehead atoms. The number of anilines is 1. The number of nitrogens with zero attached hydrogens (tertiary/aromatic N) is 3. The van der Waals surface area contributed by atoms with Crippen molar-refractivity contribution in [1.82, 2.24) is 14.5 Å². The van der Waals surface area contributed by atoms with Crippen LogP contribution in [0.25, 0.3) is 11.0 Å². The van der Waals surface area contributed by atoms with Gasteiger partial charge in [-0.25, -0.2) is 9.97 Å². The molecule has 10 heteroatoms. The Morgan fingerprint density at radius 3 is 2.46 bits per heavy atom. The molecule has 41 heavy (non-hydrogen) atoms. The van der Waals surface area contributed by atoms with Crippen LogP contribution in [-0.4, -0.2) is 57.3 Å². The summed E-state index contributed by atoms with van der Waals surface area (Å²) in [6.07, 6.45) is 11.8. The highest BCUT2D eigenvalue weighted by Gasteiger charge is 2.43. The van der Waals surface area contributed by atoms with Gasteiger partial charge >= 0.3 is 6.15 Å². The molecular weight excluding hydrogens is 524 g/mol. The van der Waals surface area contributed by atoms with E-state index in [0.29, 0.717) is 6.54 Å². The molecule has 222 valence electrons. The van der Waals surface area contributed by atoms with Crippen LogP contribution >= 0.6 is 0 Å². The third-order valence-electron chi connectivity index (χ3n) is 8.82. The quantitative estimate of drug-likeness (QED) is 0.284. The van der Waals surface area contributed by atoms with Crippen LogP contribution in [-0.2, 0) is 16.1 Å². The predicted octanol–water partition coefficient (Wildman–Crippen LogP) is 4.76. The summed E-state index contributed by atoms with van der Waals surface area (Å²) in [6, 6.07) is 7.53. The van der Waals surface area contributed by atoms with E-state index < -0.39 is 12.2 Å². The van der Waals surface area contributed by atoms with Gasteiger partial charge in [-0.2, -0.15) is 9.59 Å². The Bertz CT molecular complexity index is 1300. The van der Waals surface area contributed by atoms with Crippen molar-refractivity contribution in [3.05, 3.63) is 42.4 Å². The van der Waals surface area contributed by atoms with Gasteiger partial charge in [-0.05, 0) is 61.6 Å². The zero-order valence-electron chi connectivity index (χ0n) is 24.2. The number of aromatic nitrogens is 3. The minimum Gasteiger partial charge on any atom is -0.497 e. The number of unbranched alkanes of at least 4 members (excludes halogenated alkanes) is 1. The molecule has 2 fully saturated rings. The van der Waals surface area contributed by atoms with E-state index in [1.165, 1.54) is 32.1 Å². The molecule has 5 rings (SSSR count). The maximum Gasteiger partial charge on any atom is 0.373 e. The summed E-state index contributed by atoms with van der Waals surface area (Å²) < 4.78 is 12.8. The van der Waals surface area contributed by atoms with Gasteiger partial charge in [0.25, 0.3) is 0 Å². The Morgan fingerprint density at radius 2 is 1.76 bits per heavy atom. The van der Waals surface area contributed by atoms with Crippen molar-refractivity contribution in [3.63, 3.8) is 0 Å². The van der Waals surface area contributed by atoms with Crippen molar-refractivity contribution < 1.29 is 29.3 Å². The molecule has 10 nitrogen and oxygen atoms in total. The van der Waals surface area contributed by atoms with E-state index in [9.17, 15) is 10.2 Å². The molecule has 0 amide bonds. The molecular formula is C31H42N4O6. The zero-order valence-corrected chi connectivity index (χ0v) is 24.2. The lowest BCUT2D eigenvalue weighted by molar-refractivity contribution is -0.191. The Hall–Kier alpha value is -3.46. The lowest BCUT2D eigenvalue weighted by Gasteiger charge is -2.36. The fraction of sp³-hybridized carbons (Fsp3) is 0.581. The second kappa shape index (κ2) is 14.4. The first kappa shape index (κ1) is 30.5. The van der Waals surface area contributed by atoms with Gasteiger partial charge in [0, 0.05) is 24.4 Å². The van der Waals surface area contributed by atoms with E-state index in [1.807, 2.05) is 35.0 Å². The van der Waals surface area contributed by atoms with Crippen LogP contribution in [0.3, 0.4) is 0 Å². The number of carbonyl (C=O) groups excluding carboxylic acids is 2. The highest BCUT2D eigenvalue weighted by Crippen LogP contribution is 2.44. The van der Waals surface area contributed by atoms with E-state index >= 15 is 0 Å². The van der Waals surface area contributed by atoms with Crippen molar-refractivity contribution in [2.75, 3.05) is 19.5 Å². The Kier molecular flexibility index (Phi) is 10.7. The molecule has 0 radical (unpaired) electrons. The lowest BCUT2D eigenvalue weighted by atomic mass is 9.70. The molecule has 0 aliphatic heterocycles. The first-order chi connectivity index (χ1) is 19.9. The maximum absolute atomic E-state index is 11.0. The third kappa shape index (κ3) is 7.07. The minimum absolute atomic E-state index is 0.115. The second-order valence-electron chi connectivity index (χ2n) is 11.3. The first-order valence-corrected chi connectivity index (χ1v) is 14.6. The highest BCUT2D eigenvalue weighted by molar-refractivity contribution is 5.87. The molecule has 0 saturated heterocycles. The number of methoxy groups -OCH3 is 2. The molecule has 0 spiro atoms. The van der Waals surface area contributed by atoms with Gasteiger partial charge in [0.05, 0.1) is 31.8 Å².